The van der Waals surface area contributed by atoms with Gasteiger partial charge in [0.2, 0.25) is 0 Å². The zero-order valence-corrected chi connectivity index (χ0v) is 11.1. The number of fused-ring (bicyclic) bond motifs is 1. The second-order valence-electron chi connectivity index (χ2n) is 3.88. The Morgan fingerprint density at radius 1 is 1.56 bits per heavy atom. The summed E-state index contributed by atoms with van der Waals surface area (Å²) in [4.78, 5) is 14.3. The van der Waals surface area contributed by atoms with Gasteiger partial charge in [-0.25, -0.2) is 0 Å². The number of carbonyl (C=O) groups excluding carboxylic acids is 1. The predicted molar refractivity (Wildman–Crippen MR) is 69.6 cm³/mol. The first-order valence-electron chi connectivity index (χ1n) is 5.52. The second kappa shape index (κ2) is 5.84. The van der Waals surface area contributed by atoms with Crippen LogP contribution < -0.4 is 0 Å². The normalized spacial score (nSPS) is 14.8. The molecular weight excluding hydrogens is 240 g/mol. The molecule has 16 heavy (non-hydrogen) atoms. The van der Waals surface area contributed by atoms with Gasteiger partial charge in [-0.1, -0.05) is 0 Å². The van der Waals surface area contributed by atoms with Crippen molar-refractivity contribution in [2.45, 2.75) is 25.0 Å². The molecule has 0 atom stereocenters. The molecule has 0 bridgehead atoms. The number of ether oxygens (including phenoxy) is 1. The second-order valence-corrected chi connectivity index (χ2v) is 6.12. The van der Waals surface area contributed by atoms with Gasteiger partial charge in [0, 0.05) is 30.8 Å². The van der Waals surface area contributed by atoms with Crippen LogP contribution in [0.15, 0.2) is 6.07 Å². The Bertz CT molecular complexity index is 348. The van der Waals surface area contributed by atoms with Gasteiger partial charge in [0.05, 0.1) is 4.88 Å². The summed E-state index contributed by atoms with van der Waals surface area (Å²) in [6.07, 6.45) is 2.57. The average Bonchev–Trinajstić information content (AvgIpc) is 2.73. The topological polar surface area (TPSA) is 26.3 Å². The fraction of sp³-hybridized carbons (Fsp3) is 0.583. The Morgan fingerprint density at radius 2 is 2.44 bits per heavy atom. The third-order valence-corrected chi connectivity index (χ3v) is 4.94. The summed E-state index contributed by atoms with van der Waals surface area (Å²) < 4.78 is 4.96. The van der Waals surface area contributed by atoms with Crippen LogP contribution in [0.1, 0.15) is 33.0 Å². The SMILES string of the molecule is COCCCC(=O)c1cc2c(s1)CCSC2. The van der Waals surface area contributed by atoms with E-state index in [1.165, 1.54) is 16.2 Å². The maximum absolute atomic E-state index is 11.9. The number of rotatable bonds is 5. The van der Waals surface area contributed by atoms with Crippen molar-refractivity contribution < 1.29 is 9.53 Å². The highest BCUT2D eigenvalue weighted by Crippen LogP contribution is 2.32. The van der Waals surface area contributed by atoms with Gasteiger partial charge in [-0.15, -0.1) is 11.3 Å². The molecule has 1 aromatic heterocycles. The number of aryl methyl sites for hydroxylation is 1. The van der Waals surface area contributed by atoms with E-state index in [0.717, 1.165) is 23.5 Å². The molecule has 0 fully saturated rings. The summed E-state index contributed by atoms with van der Waals surface area (Å²) in [7, 11) is 1.67. The lowest BCUT2D eigenvalue weighted by atomic mass is 10.1. The molecule has 2 rings (SSSR count). The Kier molecular flexibility index (Phi) is 4.44. The number of methoxy groups -OCH3 is 1. The van der Waals surface area contributed by atoms with E-state index < -0.39 is 0 Å². The molecule has 0 radical (unpaired) electrons. The van der Waals surface area contributed by atoms with E-state index in [-0.39, 0.29) is 5.78 Å². The van der Waals surface area contributed by atoms with Crippen molar-refractivity contribution in [1.29, 1.82) is 0 Å². The fourth-order valence-corrected chi connectivity index (χ4v) is 4.12. The molecule has 0 aliphatic carbocycles. The molecule has 0 spiro atoms. The lowest BCUT2D eigenvalue weighted by Gasteiger charge is -2.08. The molecule has 0 unspecified atom stereocenters. The van der Waals surface area contributed by atoms with Crippen LogP contribution in [0, 0.1) is 0 Å². The molecule has 4 heteroatoms. The van der Waals surface area contributed by atoms with Crippen LogP contribution >= 0.6 is 23.1 Å². The Hall–Kier alpha value is -0.320. The number of hydrogen-bond acceptors (Lipinski definition) is 4. The van der Waals surface area contributed by atoms with Crippen LogP contribution in [0.2, 0.25) is 0 Å². The summed E-state index contributed by atoms with van der Waals surface area (Å²) in [5, 5.41) is 0. The van der Waals surface area contributed by atoms with E-state index in [0.29, 0.717) is 13.0 Å². The van der Waals surface area contributed by atoms with E-state index in [4.69, 9.17) is 4.74 Å². The molecule has 2 nitrogen and oxygen atoms in total. The summed E-state index contributed by atoms with van der Waals surface area (Å²) in [6.45, 7) is 0.673. The lowest BCUT2D eigenvalue weighted by Crippen LogP contribution is -1.98. The van der Waals surface area contributed by atoms with Crippen molar-refractivity contribution >= 4 is 28.9 Å². The third kappa shape index (κ3) is 2.87. The fourth-order valence-electron chi connectivity index (χ4n) is 1.78. The highest BCUT2D eigenvalue weighted by atomic mass is 32.2. The molecule has 0 saturated carbocycles. The maximum Gasteiger partial charge on any atom is 0.172 e. The van der Waals surface area contributed by atoms with E-state index in [1.807, 2.05) is 11.8 Å². The van der Waals surface area contributed by atoms with E-state index in [1.54, 1.807) is 18.4 Å². The number of ketones is 1. The van der Waals surface area contributed by atoms with Crippen molar-refractivity contribution in [3.63, 3.8) is 0 Å². The summed E-state index contributed by atoms with van der Waals surface area (Å²) in [6, 6.07) is 2.10. The number of thiophene rings is 1. The minimum absolute atomic E-state index is 0.279. The molecule has 88 valence electrons. The molecule has 0 N–H and O–H groups in total. The van der Waals surface area contributed by atoms with Crippen LogP contribution in [0.25, 0.3) is 0 Å². The predicted octanol–water partition coefficient (Wildman–Crippen LogP) is 3.15. The van der Waals surface area contributed by atoms with Crippen LogP contribution in [-0.2, 0) is 16.9 Å². The minimum atomic E-state index is 0.279. The highest BCUT2D eigenvalue weighted by Gasteiger charge is 2.16. The number of thioether (sulfide) groups is 1. The zero-order chi connectivity index (χ0) is 11.4. The first-order chi connectivity index (χ1) is 7.81. The number of hydrogen-bond donors (Lipinski definition) is 0. The standard InChI is InChI=1S/C12H16O2S2/c1-14-5-2-3-10(13)12-7-9-8-15-6-4-11(9)16-12/h7H,2-6,8H2,1H3. The monoisotopic (exact) mass is 256 g/mol. The van der Waals surface area contributed by atoms with Crippen LogP contribution in [0.4, 0.5) is 0 Å². The van der Waals surface area contributed by atoms with Crippen LogP contribution in [0.3, 0.4) is 0 Å². The van der Waals surface area contributed by atoms with Crippen molar-refractivity contribution in [3.05, 3.63) is 21.4 Å². The van der Waals surface area contributed by atoms with Gasteiger partial charge in [-0.2, -0.15) is 11.8 Å². The van der Waals surface area contributed by atoms with Gasteiger partial charge < -0.3 is 4.74 Å². The van der Waals surface area contributed by atoms with Gasteiger partial charge in [-0.3, -0.25) is 4.79 Å². The van der Waals surface area contributed by atoms with Crippen molar-refractivity contribution in [2.24, 2.45) is 0 Å². The van der Waals surface area contributed by atoms with Crippen LogP contribution in [0.5, 0.6) is 0 Å². The van der Waals surface area contributed by atoms with E-state index in [9.17, 15) is 4.79 Å². The van der Waals surface area contributed by atoms with E-state index in [2.05, 4.69) is 6.07 Å². The molecule has 0 amide bonds. The zero-order valence-electron chi connectivity index (χ0n) is 9.45. The number of carbonyl (C=O) groups is 1. The van der Waals surface area contributed by atoms with E-state index >= 15 is 0 Å². The lowest BCUT2D eigenvalue weighted by molar-refractivity contribution is 0.0967. The van der Waals surface area contributed by atoms with Gasteiger partial charge in [0.1, 0.15) is 0 Å². The summed E-state index contributed by atoms with van der Waals surface area (Å²) in [5.74, 6) is 2.56. The summed E-state index contributed by atoms with van der Waals surface area (Å²) >= 11 is 3.66. The highest BCUT2D eigenvalue weighted by molar-refractivity contribution is 7.98. The van der Waals surface area contributed by atoms with Gasteiger partial charge in [0.25, 0.3) is 0 Å². The average molecular weight is 256 g/mol. The first-order valence-corrected chi connectivity index (χ1v) is 7.50. The molecule has 1 aliphatic heterocycles. The molecule has 1 aliphatic rings. The Balaban J connectivity index is 1.98. The maximum atomic E-state index is 11.9. The smallest absolute Gasteiger partial charge is 0.172 e. The first kappa shape index (κ1) is 12.1. The Labute approximate surface area is 104 Å². The molecule has 2 heterocycles. The van der Waals surface area contributed by atoms with Gasteiger partial charge in [-0.05, 0) is 30.2 Å². The minimum Gasteiger partial charge on any atom is -0.385 e. The molecule has 0 aromatic carbocycles. The van der Waals surface area contributed by atoms with Crippen molar-refractivity contribution in [1.82, 2.24) is 0 Å². The summed E-state index contributed by atoms with van der Waals surface area (Å²) in [5.41, 5.74) is 1.39. The van der Waals surface area contributed by atoms with Crippen molar-refractivity contribution in [3.8, 4) is 0 Å². The quantitative estimate of drug-likeness (QED) is 0.598. The number of Topliss-reactive ketones (excluding diaryl/α,β-unsaturated/α-hetero) is 1. The van der Waals surface area contributed by atoms with Crippen molar-refractivity contribution in [2.75, 3.05) is 19.5 Å². The van der Waals surface area contributed by atoms with Gasteiger partial charge >= 0.3 is 0 Å². The molecule has 0 saturated heterocycles. The van der Waals surface area contributed by atoms with Crippen LogP contribution in [-0.4, -0.2) is 25.3 Å². The molecule has 1 aromatic rings. The van der Waals surface area contributed by atoms with Gasteiger partial charge in [0.15, 0.2) is 5.78 Å². The largest absolute Gasteiger partial charge is 0.385 e. The molecular formula is C12H16O2S2. The Morgan fingerprint density at radius 3 is 3.19 bits per heavy atom. The third-order valence-electron chi connectivity index (χ3n) is 2.65.